The van der Waals surface area contributed by atoms with Crippen molar-refractivity contribution in [3.63, 3.8) is 0 Å². The molecule has 0 unspecified atom stereocenters. The molecule has 2 rings (SSSR count). The summed E-state index contributed by atoms with van der Waals surface area (Å²) in [5.41, 5.74) is 0.146. The van der Waals surface area contributed by atoms with E-state index in [-0.39, 0.29) is 35.8 Å². The molecule has 0 spiro atoms. The summed E-state index contributed by atoms with van der Waals surface area (Å²) >= 11 is 0. The Morgan fingerprint density at radius 1 is 1.06 bits per heavy atom. The molecule has 0 aliphatic carbocycles. The van der Waals surface area contributed by atoms with Gasteiger partial charge in [0.25, 0.3) is 11.8 Å². The summed E-state index contributed by atoms with van der Waals surface area (Å²) < 4.78 is 20.5. The van der Waals surface area contributed by atoms with Crippen molar-refractivity contribution in [2.75, 3.05) is 35.0 Å². The van der Waals surface area contributed by atoms with Crippen LogP contribution in [-0.2, 0) is 23.9 Å². The van der Waals surface area contributed by atoms with Gasteiger partial charge in [0.2, 0.25) is 17.6 Å². The molecular weight excluding hydrogens is 474 g/mol. The van der Waals surface area contributed by atoms with E-state index in [1.54, 1.807) is 6.92 Å². The van der Waals surface area contributed by atoms with Crippen LogP contribution in [0.1, 0.15) is 43.5 Å². The summed E-state index contributed by atoms with van der Waals surface area (Å²) in [6.45, 7) is 3.04. The first kappa shape index (κ1) is 28.4. The van der Waals surface area contributed by atoms with Gasteiger partial charge in [0.1, 0.15) is 18.6 Å². The molecule has 1 aliphatic heterocycles. The highest BCUT2D eigenvalue weighted by molar-refractivity contribution is 6.06. The molecule has 198 valence electrons. The molecule has 1 aromatic rings. The van der Waals surface area contributed by atoms with E-state index in [9.17, 15) is 24.0 Å². The standard InChI is InChI=1S/C24H33N3O9/c1-7-13(2)20(24(32)36-6)26-18(28)12-27-19(29)9-8-15(23(27)31)25-22(30)14-10-16(33-3)21(35-5)17(11-14)34-4/h10-11,13,15,20H,7-9,12H2,1-6H3,(H,25,30)(H,26,28)/t13-,15-,20-/m0/s1. The first-order chi connectivity index (χ1) is 17.1. The number of imide groups is 1. The second kappa shape index (κ2) is 12.8. The van der Waals surface area contributed by atoms with Gasteiger partial charge in [0.05, 0.1) is 28.4 Å². The lowest BCUT2D eigenvalue weighted by molar-refractivity contribution is -0.153. The Kier molecular flexibility index (Phi) is 10.1. The molecule has 1 aromatic carbocycles. The Labute approximate surface area is 209 Å². The molecular formula is C24H33N3O9. The number of likely N-dealkylation sites (tertiary alicyclic amines) is 1. The van der Waals surface area contributed by atoms with Crippen molar-refractivity contribution < 1.29 is 42.9 Å². The summed E-state index contributed by atoms with van der Waals surface area (Å²) in [4.78, 5) is 63.8. The van der Waals surface area contributed by atoms with Crippen molar-refractivity contribution in [3.05, 3.63) is 17.7 Å². The molecule has 0 aromatic heterocycles. The monoisotopic (exact) mass is 507 g/mol. The molecule has 1 aliphatic rings. The van der Waals surface area contributed by atoms with Crippen LogP contribution in [0.4, 0.5) is 0 Å². The summed E-state index contributed by atoms with van der Waals surface area (Å²) in [5.74, 6) is -2.59. The van der Waals surface area contributed by atoms with Crippen LogP contribution < -0.4 is 24.8 Å². The van der Waals surface area contributed by atoms with E-state index in [0.717, 1.165) is 4.90 Å². The SMILES string of the molecule is CC[C@H](C)[C@H](NC(=O)CN1C(=O)CC[C@H](NC(=O)c2cc(OC)c(OC)c(OC)c2)C1=O)C(=O)OC. The van der Waals surface area contributed by atoms with Gasteiger partial charge in [0, 0.05) is 12.0 Å². The predicted molar refractivity (Wildman–Crippen MR) is 127 cm³/mol. The summed E-state index contributed by atoms with van der Waals surface area (Å²) in [5, 5.41) is 5.14. The number of esters is 1. The fourth-order valence-corrected chi connectivity index (χ4v) is 3.75. The molecule has 0 saturated carbocycles. The van der Waals surface area contributed by atoms with Gasteiger partial charge in [-0.1, -0.05) is 20.3 Å². The molecule has 12 nitrogen and oxygen atoms in total. The van der Waals surface area contributed by atoms with Gasteiger partial charge < -0.3 is 29.6 Å². The molecule has 1 saturated heterocycles. The number of methoxy groups -OCH3 is 4. The van der Waals surface area contributed by atoms with E-state index in [2.05, 4.69) is 10.6 Å². The van der Waals surface area contributed by atoms with E-state index in [1.165, 1.54) is 40.6 Å². The number of rotatable bonds is 11. The highest BCUT2D eigenvalue weighted by Crippen LogP contribution is 2.38. The lowest BCUT2D eigenvalue weighted by atomic mass is 9.99. The Morgan fingerprint density at radius 2 is 1.67 bits per heavy atom. The third-order valence-electron chi connectivity index (χ3n) is 6.03. The van der Waals surface area contributed by atoms with Crippen LogP contribution in [0.3, 0.4) is 0 Å². The smallest absolute Gasteiger partial charge is 0.328 e. The summed E-state index contributed by atoms with van der Waals surface area (Å²) in [6, 6.07) is 0.913. The Morgan fingerprint density at radius 3 is 2.17 bits per heavy atom. The Bertz CT molecular complexity index is 986. The van der Waals surface area contributed by atoms with Crippen molar-refractivity contribution in [2.24, 2.45) is 5.92 Å². The van der Waals surface area contributed by atoms with E-state index in [4.69, 9.17) is 18.9 Å². The van der Waals surface area contributed by atoms with Crippen molar-refractivity contribution >= 4 is 29.6 Å². The lowest BCUT2D eigenvalue weighted by Crippen LogP contribution is -2.57. The number of nitrogens with zero attached hydrogens (tertiary/aromatic N) is 1. The molecule has 12 heteroatoms. The zero-order valence-corrected chi connectivity index (χ0v) is 21.3. The summed E-state index contributed by atoms with van der Waals surface area (Å²) in [6.07, 6.45) is 0.616. The van der Waals surface area contributed by atoms with Crippen LogP contribution in [0.25, 0.3) is 0 Å². The number of hydrogen-bond donors (Lipinski definition) is 2. The number of hydrogen-bond acceptors (Lipinski definition) is 9. The predicted octanol–water partition coefficient (Wildman–Crippen LogP) is 0.664. The molecule has 4 amide bonds. The number of benzene rings is 1. The van der Waals surface area contributed by atoms with Crippen LogP contribution in [0.2, 0.25) is 0 Å². The van der Waals surface area contributed by atoms with Crippen LogP contribution in [0, 0.1) is 5.92 Å². The number of carbonyl (C=O) groups is 5. The number of amides is 4. The molecule has 1 heterocycles. The van der Waals surface area contributed by atoms with Gasteiger partial charge in [-0.05, 0) is 24.5 Å². The number of carbonyl (C=O) groups excluding carboxylic acids is 5. The molecule has 2 N–H and O–H groups in total. The minimum atomic E-state index is -1.03. The largest absolute Gasteiger partial charge is 0.493 e. The highest BCUT2D eigenvalue weighted by atomic mass is 16.5. The maximum absolute atomic E-state index is 13.0. The van der Waals surface area contributed by atoms with Gasteiger partial charge in [-0.25, -0.2) is 4.79 Å². The zero-order valence-electron chi connectivity index (χ0n) is 21.3. The Balaban J connectivity index is 2.15. The van der Waals surface area contributed by atoms with Gasteiger partial charge in [-0.15, -0.1) is 0 Å². The van der Waals surface area contributed by atoms with Crippen molar-refractivity contribution in [1.82, 2.24) is 15.5 Å². The minimum Gasteiger partial charge on any atom is -0.493 e. The molecule has 0 bridgehead atoms. The van der Waals surface area contributed by atoms with Crippen LogP contribution in [-0.4, -0.2) is 81.6 Å². The second-order valence-corrected chi connectivity index (χ2v) is 8.25. The first-order valence-corrected chi connectivity index (χ1v) is 11.4. The fourth-order valence-electron chi connectivity index (χ4n) is 3.75. The van der Waals surface area contributed by atoms with Gasteiger partial charge in [-0.2, -0.15) is 0 Å². The van der Waals surface area contributed by atoms with Crippen LogP contribution in [0.15, 0.2) is 12.1 Å². The lowest BCUT2D eigenvalue weighted by Gasteiger charge is -2.31. The van der Waals surface area contributed by atoms with E-state index in [0.29, 0.717) is 12.2 Å². The van der Waals surface area contributed by atoms with Gasteiger partial charge in [-0.3, -0.25) is 24.1 Å². The topological polar surface area (TPSA) is 150 Å². The average molecular weight is 508 g/mol. The number of ether oxygens (including phenoxy) is 4. The molecule has 1 fully saturated rings. The molecule has 3 atom stereocenters. The Hall–Kier alpha value is -3.83. The highest BCUT2D eigenvalue weighted by Gasteiger charge is 2.37. The minimum absolute atomic E-state index is 0.0506. The maximum atomic E-state index is 13.0. The van der Waals surface area contributed by atoms with Gasteiger partial charge in [0.15, 0.2) is 11.5 Å². The summed E-state index contributed by atoms with van der Waals surface area (Å²) in [7, 11) is 5.45. The molecule has 0 radical (unpaired) electrons. The third-order valence-corrected chi connectivity index (χ3v) is 6.03. The quantitative estimate of drug-likeness (QED) is 0.325. The van der Waals surface area contributed by atoms with E-state index >= 15 is 0 Å². The van der Waals surface area contributed by atoms with Crippen molar-refractivity contribution in [3.8, 4) is 17.2 Å². The average Bonchev–Trinajstić information content (AvgIpc) is 2.89. The van der Waals surface area contributed by atoms with Gasteiger partial charge >= 0.3 is 5.97 Å². The third kappa shape index (κ3) is 6.43. The zero-order chi connectivity index (χ0) is 27.0. The van der Waals surface area contributed by atoms with E-state index < -0.39 is 48.2 Å². The van der Waals surface area contributed by atoms with E-state index in [1.807, 2.05) is 6.92 Å². The normalized spacial score (nSPS) is 17.1. The first-order valence-electron chi connectivity index (χ1n) is 11.4. The van der Waals surface area contributed by atoms with Crippen LogP contribution in [0.5, 0.6) is 17.2 Å². The maximum Gasteiger partial charge on any atom is 0.328 e. The fraction of sp³-hybridized carbons (Fsp3) is 0.542. The second-order valence-electron chi connectivity index (χ2n) is 8.25. The number of piperidine rings is 1. The van der Waals surface area contributed by atoms with Crippen molar-refractivity contribution in [1.29, 1.82) is 0 Å². The molecule has 36 heavy (non-hydrogen) atoms. The van der Waals surface area contributed by atoms with Crippen molar-refractivity contribution in [2.45, 2.75) is 45.2 Å². The number of nitrogens with one attached hydrogen (secondary N) is 2. The van der Waals surface area contributed by atoms with Crippen LogP contribution >= 0.6 is 0 Å².